The van der Waals surface area contributed by atoms with E-state index >= 15 is 0 Å². The maximum absolute atomic E-state index is 14.1. The summed E-state index contributed by atoms with van der Waals surface area (Å²) >= 11 is 0. The molecule has 8 nitrogen and oxygen atoms in total. The van der Waals surface area contributed by atoms with Crippen LogP contribution in [0.15, 0.2) is 41.1 Å². The third-order valence-electron chi connectivity index (χ3n) is 6.32. The monoisotopic (exact) mass is 491 g/mol. The number of carbonyl (C=O) groups is 1. The van der Waals surface area contributed by atoms with E-state index in [1.165, 1.54) is 17.0 Å². The first-order chi connectivity index (χ1) is 16.8. The molecule has 2 aliphatic heterocycles. The molecule has 0 radical (unpaired) electrons. The van der Waals surface area contributed by atoms with Crippen LogP contribution in [0, 0.1) is 11.6 Å². The molecule has 0 spiro atoms. The van der Waals surface area contributed by atoms with Crippen molar-refractivity contribution in [2.75, 3.05) is 26.2 Å². The first-order valence-corrected chi connectivity index (χ1v) is 11.0. The van der Waals surface area contributed by atoms with Gasteiger partial charge in [0.15, 0.2) is 5.82 Å². The van der Waals surface area contributed by atoms with Crippen molar-refractivity contribution in [3.63, 3.8) is 0 Å². The molecule has 184 valence electrons. The molecule has 2 saturated heterocycles. The summed E-state index contributed by atoms with van der Waals surface area (Å²) in [4.78, 5) is 24.1. The van der Waals surface area contributed by atoms with Gasteiger partial charge in [-0.3, -0.25) is 0 Å². The normalized spacial score (nSPS) is 20.9. The van der Waals surface area contributed by atoms with Crippen LogP contribution in [-0.2, 0) is 0 Å². The van der Waals surface area contributed by atoms with E-state index in [-0.39, 0.29) is 54.6 Å². The standard InChI is InChI=1S/C23H21F4N5O3/c24-16-6-18(25)19(28-7-16)21-29-22(35-30-21)15-5-14(12-1-3-13(4-2-12)20(26)27)8-31(9-15)23(34)32-10-17(33)11-32/h1-4,6-7,14-15,17,20,33H,5,8-11H2. The molecular formula is C23H21F4N5O3. The molecule has 0 saturated carbocycles. The van der Waals surface area contributed by atoms with Crippen LogP contribution in [-0.4, -0.2) is 68.3 Å². The highest BCUT2D eigenvalue weighted by Crippen LogP contribution is 2.37. The average Bonchev–Trinajstić information content (AvgIpc) is 3.31. The first-order valence-electron chi connectivity index (χ1n) is 11.0. The Morgan fingerprint density at radius 3 is 2.40 bits per heavy atom. The van der Waals surface area contributed by atoms with E-state index in [0.717, 1.165) is 11.8 Å². The van der Waals surface area contributed by atoms with Gasteiger partial charge in [-0.2, -0.15) is 4.98 Å². The van der Waals surface area contributed by atoms with Crippen LogP contribution in [0.2, 0.25) is 0 Å². The number of carbonyl (C=O) groups excluding carboxylic acids is 1. The average molecular weight is 491 g/mol. The number of urea groups is 1. The fourth-order valence-electron chi connectivity index (χ4n) is 4.48. The van der Waals surface area contributed by atoms with E-state index in [4.69, 9.17) is 4.52 Å². The van der Waals surface area contributed by atoms with E-state index in [2.05, 4.69) is 15.1 Å². The number of benzene rings is 1. The van der Waals surface area contributed by atoms with Gasteiger partial charge < -0.3 is 19.4 Å². The Bertz CT molecular complexity index is 1220. The molecule has 1 aromatic carbocycles. The molecule has 0 bridgehead atoms. The second-order valence-corrected chi connectivity index (χ2v) is 8.78. The molecule has 2 aromatic heterocycles. The molecule has 2 amide bonds. The number of aliphatic hydroxyl groups is 1. The predicted molar refractivity (Wildman–Crippen MR) is 113 cm³/mol. The second-order valence-electron chi connectivity index (χ2n) is 8.78. The van der Waals surface area contributed by atoms with Crippen molar-refractivity contribution in [1.82, 2.24) is 24.9 Å². The van der Waals surface area contributed by atoms with E-state index in [0.29, 0.717) is 19.0 Å². The molecule has 2 unspecified atom stereocenters. The number of aromatic nitrogens is 3. The number of hydrogen-bond donors (Lipinski definition) is 1. The Kier molecular flexibility index (Phi) is 6.13. The van der Waals surface area contributed by atoms with Gasteiger partial charge in [0.25, 0.3) is 6.43 Å². The molecule has 1 N–H and O–H groups in total. The number of hydrogen-bond acceptors (Lipinski definition) is 6. The van der Waals surface area contributed by atoms with Crippen LogP contribution < -0.4 is 0 Å². The van der Waals surface area contributed by atoms with E-state index in [1.807, 2.05) is 0 Å². The molecule has 35 heavy (non-hydrogen) atoms. The van der Waals surface area contributed by atoms with Gasteiger partial charge >= 0.3 is 6.03 Å². The van der Waals surface area contributed by atoms with E-state index in [1.54, 1.807) is 17.0 Å². The number of alkyl halides is 2. The number of likely N-dealkylation sites (tertiary alicyclic amines) is 2. The number of amides is 2. The minimum Gasteiger partial charge on any atom is -0.389 e. The molecule has 3 aromatic rings. The predicted octanol–water partition coefficient (Wildman–Crippen LogP) is 3.72. The zero-order chi connectivity index (χ0) is 24.7. The maximum Gasteiger partial charge on any atom is 0.320 e. The molecule has 4 heterocycles. The molecule has 2 aliphatic rings. The number of rotatable bonds is 4. The highest BCUT2D eigenvalue weighted by molar-refractivity contribution is 5.75. The van der Waals surface area contributed by atoms with Gasteiger partial charge in [0.2, 0.25) is 11.7 Å². The summed E-state index contributed by atoms with van der Waals surface area (Å²) in [6.45, 7) is 1.03. The number of nitrogens with zero attached hydrogens (tertiary/aromatic N) is 5. The molecular weight excluding hydrogens is 470 g/mol. The lowest BCUT2D eigenvalue weighted by Crippen LogP contribution is -2.59. The van der Waals surface area contributed by atoms with Crippen molar-refractivity contribution in [2.45, 2.75) is 30.8 Å². The van der Waals surface area contributed by atoms with Crippen LogP contribution in [0.25, 0.3) is 11.5 Å². The van der Waals surface area contributed by atoms with Crippen molar-refractivity contribution in [1.29, 1.82) is 0 Å². The van der Waals surface area contributed by atoms with Crippen LogP contribution in [0.1, 0.15) is 41.7 Å². The van der Waals surface area contributed by atoms with Crippen molar-refractivity contribution in [2.24, 2.45) is 0 Å². The molecule has 12 heteroatoms. The van der Waals surface area contributed by atoms with Gasteiger partial charge in [-0.25, -0.2) is 27.3 Å². The van der Waals surface area contributed by atoms with Gasteiger partial charge in [0.05, 0.1) is 31.3 Å². The summed E-state index contributed by atoms with van der Waals surface area (Å²) in [5, 5.41) is 13.4. The number of halogens is 4. The largest absolute Gasteiger partial charge is 0.389 e. The van der Waals surface area contributed by atoms with Crippen molar-refractivity contribution in [3.05, 3.63) is 65.2 Å². The molecule has 0 aliphatic carbocycles. The Morgan fingerprint density at radius 1 is 1.06 bits per heavy atom. The van der Waals surface area contributed by atoms with Gasteiger partial charge in [-0.15, -0.1) is 0 Å². The smallest absolute Gasteiger partial charge is 0.320 e. The molecule has 2 atom stereocenters. The van der Waals surface area contributed by atoms with Gasteiger partial charge in [-0.05, 0) is 12.0 Å². The number of piperidine rings is 1. The molecule has 2 fully saturated rings. The van der Waals surface area contributed by atoms with E-state index in [9.17, 15) is 27.5 Å². The minimum absolute atomic E-state index is 0.0982. The zero-order valence-corrected chi connectivity index (χ0v) is 18.3. The van der Waals surface area contributed by atoms with Gasteiger partial charge in [-0.1, -0.05) is 29.4 Å². The van der Waals surface area contributed by atoms with Crippen LogP contribution in [0.3, 0.4) is 0 Å². The summed E-state index contributed by atoms with van der Waals surface area (Å²) in [7, 11) is 0. The number of pyridine rings is 1. The van der Waals surface area contributed by atoms with Crippen molar-refractivity contribution in [3.8, 4) is 11.5 Å². The highest BCUT2D eigenvalue weighted by Gasteiger charge is 2.39. The fourth-order valence-corrected chi connectivity index (χ4v) is 4.48. The Hall–Kier alpha value is -3.54. The lowest BCUT2D eigenvalue weighted by atomic mass is 9.84. The highest BCUT2D eigenvalue weighted by atomic mass is 19.3. The van der Waals surface area contributed by atoms with Crippen LogP contribution >= 0.6 is 0 Å². The summed E-state index contributed by atoms with van der Waals surface area (Å²) in [5.74, 6) is -2.42. The third-order valence-corrected chi connectivity index (χ3v) is 6.32. The summed E-state index contributed by atoms with van der Waals surface area (Å²) in [6.07, 6.45) is -1.83. The van der Waals surface area contributed by atoms with Gasteiger partial charge in [0.1, 0.15) is 11.5 Å². The molecule has 5 rings (SSSR count). The summed E-state index contributed by atoms with van der Waals surface area (Å²) in [5.41, 5.74) is 0.407. The third kappa shape index (κ3) is 4.70. The second kappa shape index (κ2) is 9.25. The lowest BCUT2D eigenvalue weighted by Gasteiger charge is -2.43. The van der Waals surface area contributed by atoms with Crippen LogP contribution in [0.5, 0.6) is 0 Å². The van der Waals surface area contributed by atoms with Gasteiger partial charge in [0, 0.05) is 30.6 Å². The quantitative estimate of drug-likeness (QED) is 0.559. The summed E-state index contributed by atoms with van der Waals surface area (Å²) < 4.78 is 58.7. The van der Waals surface area contributed by atoms with E-state index < -0.39 is 30.1 Å². The van der Waals surface area contributed by atoms with Crippen molar-refractivity contribution < 1.29 is 32.0 Å². The topological polar surface area (TPSA) is 95.6 Å². The maximum atomic E-state index is 14.1. The SMILES string of the molecule is O=C(N1CC(O)C1)N1CC(c2ccc(C(F)F)cc2)CC(c2nc(-c3ncc(F)cc3F)no2)C1. The van der Waals surface area contributed by atoms with Crippen LogP contribution in [0.4, 0.5) is 22.4 Å². The Morgan fingerprint density at radius 2 is 1.74 bits per heavy atom. The Balaban J connectivity index is 1.42. The fraction of sp³-hybridized carbons (Fsp3) is 0.391. The lowest BCUT2D eigenvalue weighted by molar-refractivity contribution is 0.0111. The minimum atomic E-state index is -2.59. The zero-order valence-electron chi connectivity index (χ0n) is 18.3. The number of aliphatic hydroxyl groups excluding tert-OH is 1. The number of β-amino-alcohol motifs (C(OH)–C–C–N with tert-alkyl or cyclic N) is 1. The van der Waals surface area contributed by atoms with Crippen molar-refractivity contribution >= 4 is 6.03 Å². The summed E-state index contributed by atoms with van der Waals surface area (Å²) in [6, 6.07) is 6.34. The first kappa shape index (κ1) is 23.2. The Labute approximate surface area is 197 Å².